The van der Waals surface area contributed by atoms with Crippen LogP contribution in [0.15, 0.2) is 47.3 Å². The SMILES string of the molecule is Cl.O=C(NC1CCNCC1)c1ccc(=O)n(Cc2ccccc2)n1. The molecule has 1 amide bonds. The van der Waals surface area contributed by atoms with Gasteiger partial charge in [-0.15, -0.1) is 12.4 Å². The zero-order valence-corrected chi connectivity index (χ0v) is 14.1. The number of hydrogen-bond donors (Lipinski definition) is 2. The lowest BCUT2D eigenvalue weighted by Crippen LogP contribution is -2.43. The summed E-state index contributed by atoms with van der Waals surface area (Å²) in [6, 6.07) is 12.6. The molecule has 128 valence electrons. The highest BCUT2D eigenvalue weighted by atomic mass is 35.5. The van der Waals surface area contributed by atoms with Crippen LogP contribution in [-0.2, 0) is 6.54 Å². The van der Waals surface area contributed by atoms with Crippen molar-refractivity contribution in [3.05, 3.63) is 64.1 Å². The van der Waals surface area contributed by atoms with Crippen molar-refractivity contribution in [1.82, 2.24) is 20.4 Å². The summed E-state index contributed by atoms with van der Waals surface area (Å²) < 4.78 is 1.33. The van der Waals surface area contributed by atoms with Crippen molar-refractivity contribution in [2.45, 2.75) is 25.4 Å². The Bertz CT molecular complexity index is 727. The van der Waals surface area contributed by atoms with Crippen LogP contribution in [0.3, 0.4) is 0 Å². The molecule has 0 bridgehead atoms. The fourth-order valence-corrected chi connectivity index (χ4v) is 2.67. The molecule has 0 unspecified atom stereocenters. The van der Waals surface area contributed by atoms with Crippen molar-refractivity contribution in [2.24, 2.45) is 0 Å². The largest absolute Gasteiger partial charge is 0.348 e. The van der Waals surface area contributed by atoms with E-state index in [0.717, 1.165) is 31.5 Å². The minimum absolute atomic E-state index is 0. The average molecular weight is 349 g/mol. The first-order chi connectivity index (χ1) is 11.2. The summed E-state index contributed by atoms with van der Waals surface area (Å²) in [6.07, 6.45) is 1.82. The van der Waals surface area contributed by atoms with Crippen LogP contribution in [0.4, 0.5) is 0 Å². The molecular weight excluding hydrogens is 328 g/mol. The van der Waals surface area contributed by atoms with Crippen molar-refractivity contribution in [3.8, 4) is 0 Å². The Hall–Kier alpha value is -2.18. The van der Waals surface area contributed by atoms with E-state index in [-0.39, 0.29) is 35.6 Å². The summed E-state index contributed by atoms with van der Waals surface area (Å²) in [7, 11) is 0. The normalized spacial score (nSPS) is 14.7. The van der Waals surface area contributed by atoms with Crippen LogP contribution in [-0.4, -0.2) is 34.8 Å². The summed E-state index contributed by atoms with van der Waals surface area (Å²) in [4.78, 5) is 24.3. The molecule has 1 aromatic heterocycles. The lowest BCUT2D eigenvalue weighted by molar-refractivity contribution is 0.0922. The van der Waals surface area contributed by atoms with Gasteiger partial charge in [-0.05, 0) is 37.6 Å². The van der Waals surface area contributed by atoms with Crippen molar-refractivity contribution in [1.29, 1.82) is 0 Å². The number of carbonyl (C=O) groups is 1. The smallest absolute Gasteiger partial charge is 0.271 e. The molecule has 6 nitrogen and oxygen atoms in total. The van der Waals surface area contributed by atoms with Gasteiger partial charge in [-0.1, -0.05) is 30.3 Å². The molecule has 1 fully saturated rings. The van der Waals surface area contributed by atoms with Crippen molar-refractivity contribution in [3.63, 3.8) is 0 Å². The van der Waals surface area contributed by atoms with E-state index in [9.17, 15) is 9.59 Å². The standard InChI is InChI=1S/C17H20N4O2.ClH/c22-16-7-6-15(17(23)19-14-8-10-18-11-9-14)20-21(16)12-13-4-2-1-3-5-13;/h1-7,14,18H,8-12H2,(H,19,23);1H. The van der Waals surface area contributed by atoms with Crippen LogP contribution in [0.2, 0.25) is 0 Å². The molecule has 1 aromatic carbocycles. The van der Waals surface area contributed by atoms with E-state index in [2.05, 4.69) is 15.7 Å². The van der Waals surface area contributed by atoms with Gasteiger partial charge >= 0.3 is 0 Å². The van der Waals surface area contributed by atoms with Gasteiger partial charge < -0.3 is 10.6 Å². The Morgan fingerprint density at radius 3 is 2.58 bits per heavy atom. The summed E-state index contributed by atoms with van der Waals surface area (Å²) in [5.41, 5.74) is 1.03. The van der Waals surface area contributed by atoms with Gasteiger partial charge in [0.2, 0.25) is 0 Å². The number of benzene rings is 1. The molecular formula is C17H21ClN4O2. The highest BCUT2D eigenvalue weighted by Gasteiger charge is 2.17. The first-order valence-electron chi connectivity index (χ1n) is 7.86. The van der Waals surface area contributed by atoms with Crippen LogP contribution in [0.1, 0.15) is 28.9 Å². The average Bonchev–Trinajstić information content (AvgIpc) is 2.58. The molecule has 1 aliphatic rings. The fraction of sp³-hybridized carbons (Fsp3) is 0.353. The number of carbonyl (C=O) groups excluding carboxylic acids is 1. The maximum atomic E-state index is 12.3. The van der Waals surface area contributed by atoms with Crippen molar-refractivity contribution < 1.29 is 4.79 Å². The van der Waals surface area contributed by atoms with Crippen molar-refractivity contribution >= 4 is 18.3 Å². The van der Waals surface area contributed by atoms with Gasteiger partial charge in [-0.25, -0.2) is 4.68 Å². The maximum Gasteiger partial charge on any atom is 0.271 e. The number of halogens is 1. The zero-order valence-electron chi connectivity index (χ0n) is 13.3. The third-order valence-electron chi connectivity index (χ3n) is 3.95. The second kappa shape index (κ2) is 8.61. The first kappa shape index (κ1) is 18.2. The summed E-state index contributed by atoms with van der Waals surface area (Å²) in [5.74, 6) is -0.223. The predicted molar refractivity (Wildman–Crippen MR) is 94.6 cm³/mol. The number of nitrogens with zero attached hydrogens (tertiary/aromatic N) is 2. The Labute approximate surface area is 146 Å². The number of piperidine rings is 1. The Morgan fingerprint density at radius 1 is 1.17 bits per heavy atom. The van der Waals surface area contributed by atoms with Gasteiger partial charge in [0.05, 0.1) is 6.54 Å². The Morgan fingerprint density at radius 2 is 1.88 bits per heavy atom. The van der Waals surface area contributed by atoms with E-state index in [1.807, 2.05) is 30.3 Å². The van der Waals surface area contributed by atoms with Gasteiger partial charge in [0.25, 0.3) is 11.5 Å². The summed E-state index contributed by atoms with van der Waals surface area (Å²) in [5, 5.41) is 10.5. The number of rotatable bonds is 4. The molecule has 0 radical (unpaired) electrons. The van der Waals surface area contributed by atoms with E-state index in [0.29, 0.717) is 6.54 Å². The van der Waals surface area contributed by atoms with Gasteiger partial charge in [0.1, 0.15) is 5.69 Å². The van der Waals surface area contributed by atoms with Crippen LogP contribution >= 0.6 is 12.4 Å². The van der Waals surface area contributed by atoms with Gasteiger partial charge in [-0.3, -0.25) is 9.59 Å². The molecule has 0 atom stereocenters. The van der Waals surface area contributed by atoms with Crippen LogP contribution in [0.5, 0.6) is 0 Å². The number of amides is 1. The molecule has 24 heavy (non-hydrogen) atoms. The minimum atomic E-state index is -0.223. The van der Waals surface area contributed by atoms with Crippen LogP contribution in [0, 0.1) is 0 Å². The monoisotopic (exact) mass is 348 g/mol. The lowest BCUT2D eigenvalue weighted by Gasteiger charge is -2.23. The minimum Gasteiger partial charge on any atom is -0.348 e. The molecule has 7 heteroatoms. The summed E-state index contributed by atoms with van der Waals surface area (Å²) in [6.45, 7) is 2.17. The first-order valence-corrected chi connectivity index (χ1v) is 7.86. The number of hydrogen-bond acceptors (Lipinski definition) is 4. The van der Waals surface area contributed by atoms with E-state index >= 15 is 0 Å². The third-order valence-corrected chi connectivity index (χ3v) is 3.95. The fourth-order valence-electron chi connectivity index (χ4n) is 2.67. The molecule has 1 saturated heterocycles. The predicted octanol–water partition coefficient (Wildman–Crippen LogP) is 1.20. The lowest BCUT2D eigenvalue weighted by atomic mass is 10.1. The Kier molecular flexibility index (Phi) is 6.52. The van der Waals surface area contributed by atoms with E-state index in [4.69, 9.17) is 0 Å². The molecule has 2 N–H and O–H groups in total. The quantitative estimate of drug-likeness (QED) is 0.870. The van der Waals surface area contributed by atoms with Crippen LogP contribution in [0.25, 0.3) is 0 Å². The molecule has 0 spiro atoms. The van der Waals surface area contributed by atoms with E-state index in [1.54, 1.807) is 0 Å². The van der Waals surface area contributed by atoms with Gasteiger partial charge in [-0.2, -0.15) is 5.10 Å². The Balaban J connectivity index is 0.00000208. The van der Waals surface area contributed by atoms with Crippen molar-refractivity contribution in [2.75, 3.05) is 13.1 Å². The highest BCUT2D eigenvalue weighted by molar-refractivity contribution is 5.92. The molecule has 1 aliphatic heterocycles. The number of nitrogens with one attached hydrogen (secondary N) is 2. The zero-order chi connectivity index (χ0) is 16.1. The van der Waals surface area contributed by atoms with E-state index < -0.39 is 0 Å². The van der Waals surface area contributed by atoms with Gasteiger partial charge in [0.15, 0.2) is 0 Å². The maximum absolute atomic E-state index is 12.3. The van der Waals surface area contributed by atoms with Crippen LogP contribution < -0.4 is 16.2 Å². The second-order valence-corrected chi connectivity index (χ2v) is 5.70. The van der Waals surface area contributed by atoms with E-state index in [1.165, 1.54) is 16.8 Å². The third kappa shape index (κ3) is 4.66. The second-order valence-electron chi connectivity index (χ2n) is 5.70. The topological polar surface area (TPSA) is 76.0 Å². The molecule has 0 saturated carbocycles. The molecule has 2 heterocycles. The molecule has 2 aromatic rings. The molecule has 3 rings (SSSR count). The number of aromatic nitrogens is 2. The molecule has 0 aliphatic carbocycles. The summed E-state index contributed by atoms with van der Waals surface area (Å²) >= 11 is 0. The van der Waals surface area contributed by atoms with Gasteiger partial charge in [0, 0.05) is 12.1 Å². The highest BCUT2D eigenvalue weighted by Crippen LogP contribution is 2.04.